The normalized spacial score (nSPS) is 22.1. The second-order valence-electron chi connectivity index (χ2n) is 4.05. The quantitative estimate of drug-likeness (QED) is 0.745. The number of amides is 1. The van der Waals surface area contributed by atoms with Crippen molar-refractivity contribution < 1.29 is 13.2 Å². The highest BCUT2D eigenvalue weighted by Crippen LogP contribution is 2.10. The molecule has 1 aliphatic heterocycles. The Morgan fingerprint density at radius 1 is 1.56 bits per heavy atom. The average Bonchev–Trinajstić information content (AvgIpc) is 2.17. The van der Waals surface area contributed by atoms with E-state index in [2.05, 4.69) is 10.0 Å². The molecule has 1 unspecified atom stereocenters. The molecule has 1 fully saturated rings. The lowest BCUT2D eigenvalue weighted by molar-refractivity contribution is -0.119. The summed E-state index contributed by atoms with van der Waals surface area (Å²) in [5.41, 5.74) is 0. The molecule has 1 rings (SSSR count). The van der Waals surface area contributed by atoms with Gasteiger partial charge in [0.05, 0.1) is 5.25 Å². The number of hydrogen-bond donors (Lipinski definition) is 2. The lowest BCUT2D eigenvalue weighted by Crippen LogP contribution is -2.43. The molecule has 0 aliphatic carbocycles. The van der Waals surface area contributed by atoms with Crippen LogP contribution in [-0.2, 0) is 14.8 Å². The van der Waals surface area contributed by atoms with E-state index in [0.29, 0.717) is 0 Å². The van der Waals surface area contributed by atoms with Gasteiger partial charge in [-0.3, -0.25) is 9.52 Å². The maximum absolute atomic E-state index is 11.5. The summed E-state index contributed by atoms with van der Waals surface area (Å²) >= 11 is 1.78. The van der Waals surface area contributed by atoms with Crippen LogP contribution in [0.2, 0.25) is 0 Å². The summed E-state index contributed by atoms with van der Waals surface area (Å²) in [7, 11) is -3.48. The largest absolute Gasteiger partial charge is 0.312 e. The molecule has 5 nitrogen and oxygen atoms in total. The number of hydrogen-bond acceptors (Lipinski definition) is 5. The van der Waals surface area contributed by atoms with E-state index in [4.69, 9.17) is 0 Å². The van der Waals surface area contributed by atoms with Crippen LogP contribution in [0.3, 0.4) is 0 Å². The molecule has 0 bridgehead atoms. The number of nitrogens with one attached hydrogen (secondary N) is 2. The third kappa shape index (κ3) is 4.31. The molecule has 1 atom stereocenters. The van der Waals surface area contributed by atoms with Crippen LogP contribution in [0.1, 0.15) is 20.3 Å². The summed E-state index contributed by atoms with van der Waals surface area (Å²) in [6.07, 6.45) is 0.221. The Bertz CT molecular complexity index is 335. The van der Waals surface area contributed by atoms with Gasteiger partial charge in [0.15, 0.2) is 0 Å². The maximum Gasteiger partial charge on any atom is 0.237 e. The number of carbonyl (C=O) groups excluding carboxylic acids is 1. The molecule has 0 aromatic rings. The highest BCUT2D eigenvalue weighted by atomic mass is 32.2. The molecule has 94 valence electrons. The van der Waals surface area contributed by atoms with Crippen LogP contribution in [0.4, 0.5) is 0 Å². The maximum atomic E-state index is 11.5. The average molecular weight is 266 g/mol. The minimum absolute atomic E-state index is 0.0844. The third-order valence-corrected chi connectivity index (χ3v) is 5.19. The summed E-state index contributed by atoms with van der Waals surface area (Å²) in [5.74, 6) is 1.48. The molecular formula is C9H18N2O3S2. The van der Waals surface area contributed by atoms with Gasteiger partial charge in [0, 0.05) is 30.5 Å². The first kappa shape index (κ1) is 13.8. The fourth-order valence-electron chi connectivity index (χ4n) is 1.29. The summed E-state index contributed by atoms with van der Waals surface area (Å²) < 4.78 is 24.9. The fraction of sp³-hybridized carbons (Fsp3) is 0.889. The Balaban J connectivity index is 2.41. The van der Waals surface area contributed by atoms with Gasteiger partial charge in [0.2, 0.25) is 15.9 Å². The minimum atomic E-state index is -3.48. The van der Waals surface area contributed by atoms with Gasteiger partial charge >= 0.3 is 0 Å². The Hall–Kier alpha value is -0.270. The van der Waals surface area contributed by atoms with Crippen LogP contribution in [0.25, 0.3) is 0 Å². The molecule has 1 amide bonds. The lowest BCUT2D eigenvalue weighted by Gasteiger charge is -2.22. The van der Waals surface area contributed by atoms with Gasteiger partial charge in [-0.25, -0.2) is 8.42 Å². The van der Waals surface area contributed by atoms with Crippen molar-refractivity contribution in [2.75, 3.05) is 18.1 Å². The molecule has 0 saturated carbocycles. The van der Waals surface area contributed by atoms with Crippen LogP contribution in [0, 0.1) is 0 Å². The van der Waals surface area contributed by atoms with E-state index in [1.165, 1.54) is 0 Å². The van der Waals surface area contributed by atoms with Crippen LogP contribution in [0.15, 0.2) is 0 Å². The number of carbonyl (C=O) groups is 1. The summed E-state index contributed by atoms with van der Waals surface area (Å²) in [6.45, 7) is 3.97. The van der Waals surface area contributed by atoms with Crippen LogP contribution < -0.4 is 10.0 Å². The molecule has 7 heteroatoms. The monoisotopic (exact) mass is 266 g/mol. The molecule has 0 aromatic carbocycles. The van der Waals surface area contributed by atoms with E-state index < -0.39 is 21.2 Å². The van der Waals surface area contributed by atoms with E-state index in [9.17, 15) is 13.2 Å². The number of rotatable bonds is 4. The lowest BCUT2D eigenvalue weighted by atomic mass is 10.2. The van der Waals surface area contributed by atoms with Crippen LogP contribution in [0.5, 0.6) is 0 Å². The second kappa shape index (κ2) is 5.88. The van der Waals surface area contributed by atoms with Crippen molar-refractivity contribution in [2.24, 2.45) is 0 Å². The van der Waals surface area contributed by atoms with E-state index >= 15 is 0 Å². The Labute approximate surface area is 101 Å². The zero-order valence-corrected chi connectivity index (χ0v) is 11.2. The fourth-order valence-corrected chi connectivity index (χ4v) is 2.88. The van der Waals surface area contributed by atoms with Gasteiger partial charge in [-0.05, 0) is 13.8 Å². The molecule has 0 aromatic heterocycles. The zero-order chi connectivity index (χ0) is 12.2. The minimum Gasteiger partial charge on any atom is -0.312 e. The van der Waals surface area contributed by atoms with Crippen molar-refractivity contribution in [3.8, 4) is 0 Å². The van der Waals surface area contributed by atoms with Crippen LogP contribution in [-0.4, -0.2) is 43.7 Å². The first-order valence-electron chi connectivity index (χ1n) is 5.27. The van der Waals surface area contributed by atoms with Gasteiger partial charge in [0.25, 0.3) is 0 Å². The molecule has 1 saturated heterocycles. The predicted octanol–water partition coefficient (Wildman–Crippen LogP) is -0.0641. The summed E-state index contributed by atoms with van der Waals surface area (Å²) in [4.78, 5) is 11.5. The molecule has 0 spiro atoms. The van der Waals surface area contributed by atoms with E-state index in [1.54, 1.807) is 25.6 Å². The van der Waals surface area contributed by atoms with E-state index in [0.717, 1.165) is 18.1 Å². The second-order valence-corrected chi connectivity index (χ2v) is 7.44. The van der Waals surface area contributed by atoms with Crippen LogP contribution >= 0.6 is 11.8 Å². The van der Waals surface area contributed by atoms with Crippen molar-refractivity contribution in [2.45, 2.75) is 31.6 Å². The zero-order valence-electron chi connectivity index (χ0n) is 9.52. The van der Waals surface area contributed by atoms with Crippen molar-refractivity contribution in [3.05, 3.63) is 0 Å². The predicted molar refractivity (Wildman–Crippen MR) is 65.9 cm³/mol. The van der Waals surface area contributed by atoms with Crippen molar-refractivity contribution in [1.82, 2.24) is 10.0 Å². The number of thioether (sulfide) groups is 1. The summed E-state index contributed by atoms with van der Waals surface area (Å²) in [6, 6.07) is 0.0844. The van der Waals surface area contributed by atoms with Crippen molar-refractivity contribution in [1.29, 1.82) is 0 Å². The molecule has 16 heavy (non-hydrogen) atoms. The SMILES string of the molecule is CC(C)S(=O)(=O)NC(=O)CC1CSCCN1. The van der Waals surface area contributed by atoms with Gasteiger partial charge < -0.3 is 5.32 Å². The standard InChI is InChI=1S/C9H18N2O3S2/c1-7(2)16(13,14)11-9(12)5-8-6-15-4-3-10-8/h7-8,10H,3-6H2,1-2H3,(H,11,12). The highest BCUT2D eigenvalue weighted by molar-refractivity contribution is 7.99. The number of sulfonamides is 1. The third-order valence-electron chi connectivity index (χ3n) is 2.31. The Kier molecular flexibility index (Phi) is 5.07. The van der Waals surface area contributed by atoms with Gasteiger partial charge in [-0.1, -0.05) is 0 Å². The van der Waals surface area contributed by atoms with Gasteiger partial charge in [-0.15, -0.1) is 0 Å². The first-order chi connectivity index (χ1) is 7.42. The molecule has 0 radical (unpaired) electrons. The Morgan fingerprint density at radius 2 is 2.25 bits per heavy atom. The van der Waals surface area contributed by atoms with Gasteiger partial charge in [0.1, 0.15) is 0 Å². The molecule has 1 heterocycles. The van der Waals surface area contributed by atoms with Crippen molar-refractivity contribution in [3.63, 3.8) is 0 Å². The van der Waals surface area contributed by atoms with Crippen molar-refractivity contribution >= 4 is 27.7 Å². The van der Waals surface area contributed by atoms with Gasteiger partial charge in [-0.2, -0.15) is 11.8 Å². The highest BCUT2D eigenvalue weighted by Gasteiger charge is 2.22. The smallest absolute Gasteiger partial charge is 0.237 e. The summed E-state index contributed by atoms with van der Waals surface area (Å²) in [5, 5.41) is 2.61. The molecular weight excluding hydrogens is 248 g/mol. The molecule has 1 aliphatic rings. The Morgan fingerprint density at radius 3 is 2.75 bits per heavy atom. The van der Waals surface area contributed by atoms with E-state index in [1.807, 2.05) is 0 Å². The van der Waals surface area contributed by atoms with E-state index in [-0.39, 0.29) is 12.5 Å². The topological polar surface area (TPSA) is 75.3 Å². The molecule has 2 N–H and O–H groups in total. The first-order valence-corrected chi connectivity index (χ1v) is 7.97.